The van der Waals surface area contributed by atoms with Gasteiger partial charge in [-0.2, -0.15) is 0 Å². The molecule has 1 aromatic rings. The van der Waals surface area contributed by atoms with Crippen molar-refractivity contribution in [1.29, 1.82) is 0 Å². The normalized spacial score (nSPS) is 10.3. The van der Waals surface area contributed by atoms with Gasteiger partial charge < -0.3 is 0 Å². The first-order valence-corrected chi connectivity index (χ1v) is 6.20. The van der Waals surface area contributed by atoms with E-state index in [4.69, 9.17) is 0 Å². The minimum atomic E-state index is -3.18. The van der Waals surface area contributed by atoms with Gasteiger partial charge in [-0.05, 0) is 24.3 Å². The molecule has 0 saturated heterocycles. The van der Waals surface area contributed by atoms with E-state index >= 15 is 0 Å². The van der Waals surface area contributed by atoms with E-state index in [0.717, 1.165) is 12.1 Å². The highest BCUT2D eigenvalue weighted by Crippen LogP contribution is 2.10. The summed E-state index contributed by atoms with van der Waals surface area (Å²) in [6.45, 7) is 5.55. The second kappa shape index (κ2) is 5.75. The van der Waals surface area contributed by atoms with Gasteiger partial charge in [0.05, 0.1) is 10.6 Å². The monoisotopic (exact) mass is 218 g/mol. The summed E-state index contributed by atoms with van der Waals surface area (Å²) in [4.78, 5) is 0.173. The summed E-state index contributed by atoms with van der Waals surface area (Å²) in [6.07, 6.45) is 0. The van der Waals surface area contributed by atoms with Gasteiger partial charge in [0.2, 0.25) is 0 Å². The predicted molar refractivity (Wildman–Crippen MR) is 55.5 cm³/mol. The molecule has 0 aromatic heterocycles. The van der Waals surface area contributed by atoms with Crippen molar-refractivity contribution in [3.8, 4) is 0 Å². The lowest BCUT2D eigenvalue weighted by Crippen LogP contribution is -2.03. The van der Waals surface area contributed by atoms with Crippen LogP contribution in [0.25, 0.3) is 0 Å². The Morgan fingerprint density at radius 1 is 1.14 bits per heavy atom. The van der Waals surface area contributed by atoms with E-state index < -0.39 is 15.7 Å². The van der Waals surface area contributed by atoms with Crippen LogP contribution in [0.2, 0.25) is 0 Å². The van der Waals surface area contributed by atoms with Crippen molar-refractivity contribution in [1.82, 2.24) is 0 Å². The molecular weight excluding hydrogens is 203 g/mol. The summed E-state index contributed by atoms with van der Waals surface area (Å²) in [5.41, 5.74) is 0. The maximum absolute atomic E-state index is 12.4. The third kappa shape index (κ3) is 3.46. The fraction of sp³-hybridized carbons (Fsp3) is 0.400. The van der Waals surface area contributed by atoms with Crippen molar-refractivity contribution in [3.63, 3.8) is 0 Å². The van der Waals surface area contributed by atoms with Crippen LogP contribution < -0.4 is 0 Å². The Labute approximate surface area is 84.7 Å². The molecule has 1 rings (SSSR count). The summed E-state index contributed by atoms with van der Waals surface area (Å²) in [5, 5.41) is 0. The molecule has 0 atom stereocenters. The zero-order chi connectivity index (χ0) is 11.2. The van der Waals surface area contributed by atoms with E-state index in [1.54, 1.807) is 6.92 Å². The van der Waals surface area contributed by atoms with Gasteiger partial charge in [0.25, 0.3) is 0 Å². The molecule has 1 aromatic carbocycles. The number of rotatable bonds is 2. The zero-order valence-corrected chi connectivity index (χ0v) is 9.44. The van der Waals surface area contributed by atoms with Gasteiger partial charge in [-0.15, -0.1) is 0 Å². The van der Waals surface area contributed by atoms with Gasteiger partial charge >= 0.3 is 0 Å². The quantitative estimate of drug-likeness (QED) is 0.715. The molecule has 0 radical (unpaired) electrons. The van der Waals surface area contributed by atoms with E-state index in [1.807, 2.05) is 13.8 Å². The Morgan fingerprint density at radius 3 is 1.93 bits per heavy atom. The smallest absolute Gasteiger partial charge is 0.178 e. The molecule has 0 saturated carbocycles. The second-order valence-electron chi connectivity index (χ2n) is 2.36. The molecule has 0 unspecified atom stereocenters. The van der Waals surface area contributed by atoms with Crippen molar-refractivity contribution in [2.24, 2.45) is 0 Å². The summed E-state index contributed by atoms with van der Waals surface area (Å²) in [6, 6.07) is 4.83. The highest BCUT2D eigenvalue weighted by atomic mass is 32.2. The number of halogens is 1. The topological polar surface area (TPSA) is 34.1 Å². The molecule has 2 nitrogen and oxygen atoms in total. The minimum Gasteiger partial charge on any atom is -0.224 e. The van der Waals surface area contributed by atoms with E-state index in [1.165, 1.54) is 12.1 Å². The van der Waals surface area contributed by atoms with Gasteiger partial charge in [-0.3, -0.25) is 0 Å². The van der Waals surface area contributed by atoms with Gasteiger partial charge in [0.15, 0.2) is 9.84 Å². The van der Waals surface area contributed by atoms with Crippen LogP contribution in [0.15, 0.2) is 29.2 Å². The van der Waals surface area contributed by atoms with Gasteiger partial charge in [-0.1, -0.05) is 20.8 Å². The van der Waals surface area contributed by atoms with E-state index in [9.17, 15) is 12.8 Å². The van der Waals surface area contributed by atoms with E-state index in [0.29, 0.717) is 0 Å². The summed E-state index contributed by atoms with van der Waals surface area (Å²) in [5.74, 6) is -0.386. The molecule has 0 bridgehead atoms. The average molecular weight is 218 g/mol. The first-order valence-electron chi connectivity index (χ1n) is 4.54. The number of hydrogen-bond acceptors (Lipinski definition) is 2. The van der Waals surface area contributed by atoms with Gasteiger partial charge in [0, 0.05) is 0 Å². The Balaban J connectivity index is 0.000000791. The van der Waals surface area contributed by atoms with Crippen molar-refractivity contribution in [2.45, 2.75) is 25.7 Å². The van der Waals surface area contributed by atoms with Crippen LogP contribution in [0, 0.1) is 5.82 Å². The van der Waals surface area contributed by atoms with Gasteiger partial charge in [0.1, 0.15) is 5.82 Å². The molecule has 0 aliphatic heterocycles. The fourth-order valence-electron chi connectivity index (χ4n) is 0.809. The Bertz CT molecular complexity index is 354. The van der Waals surface area contributed by atoms with Gasteiger partial charge in [-0.25, -0.2) is 12.8 Å². The van der Waals surface area contributed by atoms with Crippen LogP contribution in [0.4, 0.5) is 4.39 Å². The standard InChI is InChI=1S/C8H9FO2S.C2H6/c1-2-12(10,11)8-5-3-7(9)4-6-8;1-2/h3-6H,2H2,1H3;1-2H3. The number of benzene rings is 1. The minimum absolute atomic E-state index is 0.0403. The van der Waals surface area contributed by atoms with Crippen LogP contribution in [0.1, 0.15) is 20.8 Å². The van der Waals surface area contributed by atoms with Crippen molar-refractivity contribution < 1.29 is 12.8 Å². The van der Waals surface area contributed by atoms with E-state index in [2.05, 4.69) is 0 Å². The molecule has 0 amide bonds. The Morgan fingerprint density at radius 2 is 1.57 bits per heavy atom. The summed E-state index contributed by atoms with van der Waals surface area (Å²) in [7, 11) is -3.18. The summed E-state index contributed by atoms with van der Waals surface area (Å²) < 4.78 is 34.8. The molecule has 0 N–H and O–H groups in total. The maximum Gasteiger partial charge on any atom is 0.178 e. The maximum atomic E-state index is 12.4. The third-order valence-corrected chi connectivity index (χ3v) is 3.30. The molecule has 14 heavy (non-hydrogen) atoms. The fourth-order valence-corrected chi connectivity index (χ4v) is 1.69. The largest absolute Gasteiger partial charge is 0.224 e. The highest BCUT2D eigenvalue weighted by Gasteiger charge is 2.10. The Hall–Kier alpha value is -0.900. The summed E-state index contributed by atoms with van der Waals surface area (Å²) >= 11 is 0. The van der Waals surface area contributed by atoms with Crippen molar-refractivity contribution in [2.75, 3.05) is 5.75 Å². The molecular formula is C10H15FO2S. The highest BCUT2D eigenvalue weighted by molar-refractivity contribution is 7.91. The molecule has 0 fully saturated rings. The third-order valence-electron chi connectivity index (χ3n) is 1.55. The van der Waals surface area contributed by atoms with Crippen LogP contribution in [-0.2, 0) is 9.84 Å². The van der Waals surface area contributed by atoms with Crippen molar-refractivity contribution in [3.05, 3.63) is 30.1 Å². The molecule has 80 valence electrons. The van der Waals surface area contributed by atoms with Crippen LogP contribution in [-0.4, -0.2) is 14.2 Å². The molecule has 0 aliphatic rings. The first kappa shape index (κ1) is 13.1. The molecule has 0 heterocycles. The average Bonchev–Trinajstić information content (AvgIpc) is 2.21. The SMILES string of the molecule is CC.CCS(=O)(=O)c1ccc(F)cc1. The predicted octanol–water partition coefficient (Wildman–Crippen LogP) is 2.65. The van der Waals surface area contributed by atoms with Crippen LogP contribution in [0.5, 0.6) is 0 Å². The second-order valence-corrected chi connectivity index (χ2v) is 4.64. The zero-order valence-electron chi connectivity index (χ0n) is 8.62. The number of hydrogen-bond donors (Lipinski definition) is 0. The molecule has 4 heteroatoms. The van der Waals surface area contributed by atoms with Crippen LogP contribution in [0.3, 0.4) is 0 Å². The number of sulfone groups is 1. The Kier molecular flexibility index (Phi) is 5.38. The first-order chi connectivity index (χ1) is 6.56. The lowest BCUT2D eigenvalue weighted by molar-refractivity contribution is 0.596. The van der Waals surface area contributed by atoms with Crippen LogP contribution >= 0.6 is 0 Å². The lowest BCUT2D eigenvalue weighted by atomic mass is 10.4. The molecule has 0 spiro atoms. The van der Waals surface area contributed by atoms with Crippen molar-refractivity contribution >= 4 is 9.84 Å². The molecule has 0 aliphatic carbocycles. The van der Waals surface area contributed by atoms with E-state index in [-0.39, 0.29) is 10.6 Å². The lowest BCUT2D eigenvalue weighted by Gasteiger charge is -1.99.